The van der Waals surface area contributed by atoms with Gasteiger partial charge in [0.15, 0.2) is 0 Å². The number of hydrogen-bond acceptors (Lipinski definition) is 6. The average Bonchev–Trinajstić information content (AvgIpc) is 3.80. The third kappa shape index (κ3) is 6.37. The molecule has 0 saturated carbocycles. The number of aromatic nitrogens is 3. The maximum atomic E-state index is 14.0. The number of ether oxygens (including phenoxy) is 1. The summed E-state index contributed by atoms with van der Waals surface area (Å²) in [5.41, 5.74) is 4.69. The van der Waals surface area contributed by atoms with Gasteiger partial charge in [-0.25, -0.2) is 9.48 Å². The van der Waals surface area contributed by atoms with Crippen molar-refractivity contribution in [1.29, 1.82) is 0 Å². The summed E-state index contributed by atoms with van der Waals surface area (Å²) in [4.78, 5) is 38.5. The average molecular weight is 680 g/mol. The van der Waals surface area contributed by atoms with Crippen LogP contribution in [0.4, 0.5) is 10.5 Å². The first-order chi connectivity index (χ1) is 24.7. The first-order valence-corrected chi connectivity index (χ1v) is 17.2. The van der Waals surface area contributed by atoms with Crippen molar-refractivity contribution in [2.24, 2.45) is 5.92 Å². The maximum absolute atomic E-state index is 14.0. The Balaban J connectivity index is 1.39. The molecule has 0 aliphatic carbocycles. The van der Waals surface area contributed by atoms with Gasteiger partial charge in [-0.05, 0) is 74.2 Å². The number of hydrogen-bond donors (Lipinski definition) is 0. The zero-order valence-corrected chi connectivity index (χ0v) is 29.3. The second kappa shape index (κ2) is 13.8. The van der Waals surface area contributed by atoms with Crippen molar-refractivity contribution in [2.45, 2.75) is 38.3 Å². The SMILES string of the molecule is CON(C(=O)C1CCN(C(=O)OC(C)(C)C)C1)c1ccc2c(c1)c(-c1ccncc1)nn2C(c1ccccc1)(c1ccccc1)c1ccccc1. The minimum absolute atomic E-state index is 0.229. The van der Waals surface area contributed by atoms with Crippen molar-refractivity contribution in [1.82, 2.24) is 19.7 Å². The highest BCUT2D eigenvalue weighted by molar-refractivity contribution is 6.00. The molecule has 1 aliphatic rings. The zero-order chi connectivity index (χ0) is 35.6. The Morgan fingerprint density at radius 2 is 1.35 bits per heavy atom. The molecule has 4 aromatic carbocycles. The number of rotatable bonds is 8. The highest BCUT2D eigenvalue weighted by Gasteiger charge is 2.41. The molecule has 9 nitrogen and oxygen atoms in total. The molecule has 3 heterocycles. The lowest BCUT2D eigenvalue weighted by Gasteiger charge is -2.37. The number of hydroxylamine groups is 1. The van der Waals surface area contributed by atoms with Crippen LogP contribution in [0.1, 0.15) is 43.9 Å². The Hall–Kier alpha value is -5.80. The van der Waals surface area contributed by atoms with Gasteiger partial charge in [0, 0.05) is 36.4 Å². The Morgan fingerprint density at radius 1 is 0.784 bits per heavy atom. The van der Waals surface area contributed by atoms with Gasteiger partial charge in [-0.15, -0.1) is 0 Å². The fourth-order valence-corrected chi connectivity index (χ4v) is 7.06. The molecule has 0 spiro atoms. The molecule has 0 bridgehead atoms. The van der Waals surface area contributed by atoms with Crippen molar-refractivity contribution < 1.29 is 19.2 Å². The van der Waals surface area contributed by atoms with Crippen molar-refractivity contribution in [3.63, 3.8) is 0 Å². The number of carbonyl (C=O) groups is 2. The van der Waals surface area contributed by atoms with E-state index in [-0.39, 0.29) is 12.5 Å². The molecule has 6 aromatic rings. The summed E-state index contributed by atoms with van der Waals surface area (Å²) >= 11 is 0. The summed E-state index contributed by atoms with van der Waals surface area (Å²) in [5, 5.41) is 7.62. The summed E-state index contributed by atoms with van der Waals surface area (Å²) in [6, 6.07) is 41.0. The van der Waals surface area contributed by atoms with Gasteiger partial charge in [0.25, 0.3) is 5.91 Å². The summed E-state index contributed by atoms with van der Waals surface area (Å²) in [7, 11) is 1.49. The molecule has 1 atom stereocenters. The smallest absolute Gasteiger partial charge is 0.410 e. The normalized spacial score (nSPS) is 14.8. The van der Waals surface area contributed by atoms with Crippen LogP contribution in [0.15, 0.2) is 134 Å². The Morgan fingerprint density at radius 3 is 1.88 bits per heavy atom. The highest BCUT2D eigenvalue weighted by atomic mass is 16.7. The molecule has 9 heteroatoms. The van der Waals surface area contributed by atoms with Crippen LogP contribution in [-0.2, 0) is 19.9 Å². The minimum Gasteiger partial charge on any atom is -0.444 e. The van der Waals surface area contributed by atoms with Gasteiger partial charge in [-0.1, -0.05) is 91.0 Å². The van der Waals surface area contributed by atoms with E-state index in [1.807, 2.05) is 69.3 Å². The largest absolute Gasteiger partial charge is 0.444 e. The zero-order valence-electron chi connectivity index (χ0n) is 29.3. The quantitative estimate of drug-likeness (QED) is 0.119. The molecule has 258 valence electrons. The van der Waals surface area contributed by atoms with Gasteiger partial charge in [0.1, 0.15) is 16.8 Å². The van der Waals surface area contributed by atoms with Gasteiger partial charge in [0.05, 0.1) is 24.2 Å². The van der Waals surface area contributed by atoms with E-state index in [4.69, 9.17) is 14.7 Å². The fourth-order valence-electron chi connectivity index (χ4n) is 7.06. The number of nitrogens with zero attached hydrogens (tertiary/aromatic N) is 5. The molecule has 1 saturated heterocycles. The number of amides is 2. The van der Waals surface area contributed by atoms with Gasteiger partial charge >= 0.3 is 6.09 Å². The fraction of sp³-hybridized carbons (Fsp3) is 0.238. The third-order valence-corrected chi connectivity index (χ3v) is 9.32. The van der Waals surface area contributed by atoms with Crippen LogP contribution < -0.4 is 5.06 Å². The summed E-state index contributed by atoms with van der Waals surface area (Å²) < 4.78 is 7.67. The molecular weight excluding hydrogens is 638 g/mol. The van der Waals surface area contributed by atoms with Crippen molar-refractivity contribution in [3.8, 4) is 11.3 Å². The summed E-state index contributed by atoms with van der Waals surface area (Å²) in [6.07, 6.45) is 3.60. The molecule has 1 unspecified atom stereocenters. The molecule has 1 fully saturated rings. The molecule has 7 rings (SSSR count). The van der Waals surface area contributed by atoms with Crippen LogP contribution >= 0.6 is 0 Å². The van der Waals surface area contributed by atoms with E-state index in [1.165, 1.54) is 12.2 Å². The second-order valence-electron chi connectivity index (χ2n) is 13.7. The van der Waals surface area contributed by atoms with E-state index in [2.05, 4.69) is 82.5 Å². The Kier molecular flexibility index (Phi) is 9.14. The predicted molar refractivity (Wildman–Crippen MR) is 198 cm³/mol. The Bertz CT molecular complexity index is 2030. The number of anilines is 1. The van der Waals surface area contributed by atoms with Crippen molar-refractivity contribution >= 4 is 28.6 Å². The van der Waals surface area contributed by atoms with E-state index >= 15 is 0 Å². The lowest BCUT2D eigenvalue weighted by atomic mass is 9.77. The lowest BCUT2D eigenvalue weighted by Crippen LogP contribution is -2.39. The standard InChI is InChI=1S/C42H41N5O4/c1-41(2,3)51-40(49)45-27-24-31(29-45)39(48)46(50-4)35-20-21-37-36(28-35)38(30-22-25-43-26-23-30)44-47(37)42(32-14-8-5-9-15-32,33-16-10-6-11-17-33)34-18-12-7-13-19-34/h5-23,25-26,28,31H,24,27,29H2,1-4H3. The van der Waals surface area contributed by atoms with Crippen LogP contribution in [0.3, 0.4) is 0 Å². The molecule has 0 N–H and O–H groups in total. The predicted octanol–water partition coefficient (Wildman–Crippen LogP) is 8.09. The van der Waals surface area contributed by atoms with E-state index in [0.717, 1.165) is 38.9 Å². The summed E-state index contributed by atoms with van der Waals surface area (Å²) in [5.74, 6) is -0.676. The van der Waals surface area contributed by atoms with E-state index in [0.29, 0.717) is 18.7 Å². The number of benzene rings is 4. The van der Waals surface area contributed by atoms with Crippen molar-refractivity contribution in [3.05, 3.63) is 150 Å². The molecular formula is C42H41N5O4. The minimum atomic E-state index is -0.861. The summed E-state index contributed by atoms with van der Waals surface area (Å²) in [6.45, 7) is 6.18. The van der Waals surface area contributed by atoms with Crippen LogP contribution in [0.2, 0.25) is 0 Å². The number of pyridine rings is 1. The van der Waals surface area contributed by atoms with Crippen LogP contribution in [0, 0.1) is 5.92 Å². The maximum Gasteiger partial charge on any atom is 0.410 e. The Labute approximate surface area is 298 Å². The number of carbonyl (C=O) groups excluding carboxylic acids is 2. The second-order valence-corrected chi connectivity index (χ2v) is 13.7. The van der Waals surface area contributed by atoms with Gasteiger partial charge < -0.3 is 9.64 Å². The van der Waals surface area contributed by atoms with Gasteiger partial charge in [-0.2, -0.15) is 10.2 Å². The van der Waals surface area contributed by atoms with Gasteiger partial charge in [-0.3, -0.25) is 14.6 Å². The topological polar surface area (TPSA) is 89.8 Å². The lowest BCUT2D eigenvalue weighted by molar-refractivity contribution is -0.128. The van der Waals surface area contributed by atoms with Crippen LogP contribution in [-0.4, -0.2) is 57.5 Å². The number of fused-ring (bicyclic) bond motifs is 1. The van der Waals surface area contributed by atoms with E-state index in [1.54, 1.807) is 17.3 Å². The molecule has 0 radical (unpaired) electrons. The third-order valence-electron chi connectivity index (χ3n) is 9.32. The van der Waals surface area contributed by atoms with Gasteiger partial charge in [0.2, 0.25) is 0 Å². The molecule has 51 heavy (non-hydrogen) atoms. The van der Waals surface area contributed by atoms with E-state index in [9.17, 15) is 9.59 Å². The molecule has 1 aliphatic heterocycles. The monoisotopic (exact) mass is 679 g/mol. The first-order valence-electron chi connectivity index (χ1n) is 17.2. The van der Waals surface area contributed by atoms with Crippen LogP contribution in [0.5, 0.6) is 0 Å². The highest BCUT2D eigenvalue weighted by Crippen LogP contribution is 2.44. The van der Waals surface area contributed by atoms with Crippen LogP contribution in [0.25, 0.3) is 22.2 Å². The molecule has 2 aromatic heterocycles. The first kappa shape index (κ1) is 33.7. The molecule has 2 amide bonds. The van der Waals surface area contributed by atoms with Crippen molar-refractivity contribution in [2.75, 3.05) is 25.3 Å². The number of likely N-dealkylation sites (tertiary alicyclic amines) is 1. The van der Waals surface area contributed by atoms with E-state index < -0.39 is 23.2 Å².